The SMILES string of the molecule is CC(C)(O/N=C(\C(=O)NC1C(=O)N(S(=O)(=O)O)C1CNC(=O)NCc1cc(=O)c(O)cn1O)c1csc(N)n1)C(=O)O. The van der Waals surface area contributed by atoms with E-state index in [9.17, 15) is 52.4 Å². The van der Waals surface area contributed by atoms with E-state index in [4.69, 9.17) is 10.6 Å². The molecule has 42 heavy (non-hydrogen) atoms. The number of rotatable bonds is 11. The third kappa shape index (κ3) is 7.02. The second kappa shape index (κ2) is 11.9. The molecule has 0 saturated carbocycles. The molecule has 20 nitrogen and oxygen atoms in total. The van der Waals surface area contributed by atoms with Gasteiger partial charge in [-0.1, -0.05) is 5.16 Å². The van der Waals surface area contributed by atoms with E-state index in [0.29, 0.717) is 10.9 Å². The number of aliphatic carboxylic acids is 1. The first-order chi connectivity index (χ1) is 19.4. The summed E-state index contributed by atoms with van der Waals surface area (Å²) in [5, 5.41) is 39.7. The van der Waals surface area contributed by atoms with Crippen LogP contribution in [0.25, 0.3) is 0 Å². The zero-order chi connectivity index (χ0) is 31.6. The minimum atomic E-state index is -5.14. The second-order valence-corrected chi connectivity index (χ2v) is 11.1. The maximum atomic E-state index is 13.1. The first kappa shape index (κ1) is 31.6. The van der Waals surface area contributed by atoms with Crippen molar-refractivity contribution in [2.24, 2.45) is 5.16 Å². The Kier molecular flexibility index (Phi) is 8.93. The van der Waals surface area contributed by atoms with Gasteiger partial charge in [-0.05, 0) is 13.8 Å². The van der Waals surface area contributed by atoms with Crippen molar-refractivity contribution in [2.45, 2.75) is 38.1 Å². The first-order valence-electron chi connectivity index (χ1n) is 11.4. The summed E-state index contributed by atoms with van der Waals surface area (Å²) in [6.45, 7) is 1.18. The van der Waals surface area contributed by atoms with Gasteiger partial charge in [-0.15, -0.1) is 11.3 Å². The molecular weight excluding hydrogens is 608 g/mol. The maximum absolute atomic E-state index is 13.1. The summed E-state index contributed by atoms with van der Waals surface area (Å²) in [6.07, 6.45) is 0.694. The molecule has 1 aliphatic rings. The number of hydrogen-bond acceptors (Lipinski definition) is 14. The van der Waals surface area contributed by atoms with Crippen molar-refractivity contribution in [3.8, 4) is 5.75 Å². The predicted molar refractivity (Wildman–Crippen MR) is 140 cm³/mol. The highest BCUT2D eigenvalue weighted by Gasteiger charge is 2.54. The van der Waals surface area contributed by atoms with Crippen LogP contribution in [0.1, 0.15) is 25.2 Å². The van der Waals surface area contributed by atoms with E-state index in [1.165, 1.54) is 5.38 Å². The van der Waals surface area contributed by atoms with Gasteiger partial charge in [0.1, 0.15) is 11.7 Å². The van der Waals surface area contributed by atoms with E-state index < -0.39 is 81.8 Å². The van der Waals surface area contributed by atoms with E-state index >= 15 is 0 Å². The van der Waals surface area contributed by atoms with Crippen molar-refractivity contribution in [1.29, 1.82) is 0 Å². The molecule has 3 rings (SSSR count). The number of nitrogen functional groups attached to an aromatic ring is 1. The van der Waals surface area contributed by atoms with Gasteiger partial charge in [-0.3, -0.25) is 18.9 Å². The molecule has 4 amide bonds. The number of β-lactam (4-membered cyclic amide) rings is 1. The molecule has 0 aliphatic carbocycles. The fourth-order valence-corrected chi connectivity index (χ4v) is 4.71. The van der Waals surface area contributed by atoms with Crippen LogP contribution in [0, 0.1) is 0 Å². The molecule has 1 aliphatic heterocycles. The van der Waals surface area contributed by atoms with E-state index in [1.54, 1.807) is 0 Å². The smallest absolute Gasteiger partial charge is 0.362 e. The summed E-state index contributed by atoms with van der Waals surface area (Å²) in [4.78, 5) is 69.6. The molecule has 0 spiro atoms. The van der Waals surface area contributed by atoms with Crippen molar-refractivity contribution in [3.63, 3.8) is 0 Å². The van der Waals surface area contributed by atoms with Gasteiger partial charge in [0, 0.05) is 18.0 Å². The molecule has 0 aromatic carbocycles. The third-order valence-electron chi connectivity index (χ3n) is 5.56. The number of hydrogen-bond donors (Lipinski definition) is 8. The number of carboxylic acids is 1. The number of pyridine rings is 1. The van der Waals surface area contributed by atoms with E-state index in [2.05, 4.69) is 26.1 Å². The molecule has 2 aromatic rings. The van der Waals surface area contributed by atoms with Crippen LogP contribution in [-0.2, 0) is 36.1 Å². The number of carboxylic acid groups (broad SMARTS) is 1. The Morgan fingerprint density at radius 2 is 1.93 bits per heavy atom. The number of aromatic nitrogens is 2. The lowest BCUT2D eigenvalue weighted by Crippen LogP contribution is -2.74. The largest absolute Gasteiger partial charge is 0.503 e. The van der Waals surface area contributed by atoms with Gasteiger partial charge in [0.2, 0.25) is 11.0 Å². The highest BCUT2D eigenvalue weighted by atomic mass is 32.2. The molecule has 2 aromatic heterocycles. The Hall–Kier alpha value is -4.96. The molecule has 9 N–H and O–H groups in total. The monoisotopic (exact) mass is 632 g/mol. The number of nitrogens with one attached hydrogen (secondary N) is 3. The quantitative estimate of drug-likeness (QED) is 0.0415. The summed E-state index contributed by atoms with van der Waals surface area (Å²) in [5.74, 6) is -4.63. The fourth-order valence-electron chi connectivity index (χ4n) is 3.29. The lowest BCUT2D eigenvalue weighted by molar-refractivity contribution is -0.161. The number of carbonyl (C=O) groups is 4. The van der Waals surface area contributed by atoms with Crippen molar-refractivity contribution in [2.75, 3.05) is 12.3 Å². The fraction of sp³-hybridized carbons (Fsp3) is 0.350. The average Bonchev–Trinajstić information content (AvgIpc) is 3.30. The van der Waals surface area contributed by atoms with Crippen molar-refractivity contribution >= 4 is 56.3 Å². The summed E-state index contributed by atoms with van der Waals surface area (Å²) in [7, 11) is -5.14. The minimum Gasteiger partial charge on any atom is -0.503 e. The standard InChI is InChI=1S/C20H24N8O12S2/c1-20(2,17(33)34)40-26-13(9-7-41-18(21)24-9)15(31)25-14-10(28(16(14)32)42(37,38)39)5-23-19(35)22-4-8-3-11(29)12(30)6-27(8)36/h3,6-7,10,14,30,36H,4-5H2,1-2H3,(H2,21,24)(H,25,31)(H,33,34)(H2,22,23,35)(H,37,38,39)/b26-13-. The first-order valence-corrected chi connectivity index (χ1v) is 13.7. The van der Waals surface area contributed by atoms with Gasteiger partial charge in [-0.2, -0.15) is 13.1 Å². The summed E-state index contributed by atoms with van der Waals surface area (Å²) >= 11 is 0.895. The Morgan fingerprint density at radius 1 is 1.26 bits per heavy atom. The van der Waals surface area contributed by atoms with Crippen molar-refractivity contribution in [1.82, 2.24) is 30.0 Å². The number of amides is 4. The van der Waals surface area contributed by atoms with Crippen LogP contribution < -0.4 is 27.1 Å². The van der Waals surface area contributed by atoms with Crippen LogP contribution >= 0.6 is 11.3 Å². The molecule has 2 atom stereocenters. The van der Waals surface area contributed by atoms with Crippen LogP contribution in [0.2, 0.25) is 0 Å². The summed E-state index contributed by atoms with van der Waals surface area (Å²) in [5.41, 5.74) is 1.93. The molecular formula is C20H24N8O12S2. The van der Waals surface area contributed by atoms with Gasteiger partial charge >= 0.3 is 22.3 Å². The number of urea groups is 1. The zero-order valence-electron chi connectivity index (χ0n) is 21.5. The molecule has 228 valence electrons. The molecule has 1 saturated heterocycles. The van der Waals surface area contributed by atoms with Crippen LogP contribution in [0.15, 0.2) is 27.6 Å². The van der Waals surface area contributed by atoms with E-state index in [0.717, 1.165) is 31.3 Å². The van der Waals surface area contributed by atoms with Gasteiger partial charge in [0.05, 0.1) is 24.5 Å². The number of oxime groups is 1. The van der Waals surface area contributed by atoms with Gasteiger partial charge in [-0.25, -0.2) is 18.9 Å². The molecule has 0 bridgehead atoms. The number of anilines is 1. The Bertz CT molecular complexity index is 1620. The Morgan fingerprint density at radius 3 is 2.50 bits per heavy atom. The number of aromatic hydroxyl groups is 1. The minimum absolute atomic E-state index is 0.00106. The highest BCUT2D eigenvalue weighted by Crippen LogP contribution is 2.24. The molecule has 3 heterocycles. The molecule has 0 radical (unpaired) electrons. The molecule has 1 fully saturated rings. The van der Waals surface area contributed by atoms with Crippen LogP contribution in [0.3, 0.4) is 0 Å². The van der Waals surface area contributed by atoms with E-state index in [-0.39, 0.29) is 20.8 Å². The highest BCUT2D eigenvalue weighted by molar-refractivity contribution is 7.84. The average molecular weight is 633 g/mol. The van der Waals surface area contributed by atoms with Gasteiger partial charge in [0.15, 0.2) is 16.6 Å². The summed E-state index contributed by atoms with van der Waals surface area (Å²) < 4.78 is 33.4. The van der Waals surface area contributed by atoms with Crippen molar-refractivity contribution in [3.05, 3.63) is 39.3 Å². The summed E-state index contributed by atoms with van der Waals surface area (Å²) in [6, 6.07) is -3.35. The number of thiazole rings is 1. The van der Waals surface area contributed by atoms with Gasteiger partial charge in [0.25, 0.3) is 11.8 Å². The van der Waals surface area contributed by atoms with Crippen LogP contribution in [-0.4, -0.2) is 96.2 Å². The van der Waals surface area contributed by atoms with E-state index in [1.807, 2.05) is 0 Å². The molecule has 22 heteroatoms. The van der Waals surface area contributed by atoms with Crippen molar-refractivity contribution < 1.29 is 52.4 Å². The van der Waals surface area contributed by atoms with Crippen LogP contribution in [0.5, 0.6) is 5.75 Å². The lowest BCUT2D eigenvalue weighted by atomic mass is 9.98. The second-order valence-electron chi connectivity index (χ2n) is 8.97. The normalized spacial score (nSPS) is 17.3. The topological polar surface area (TPSA) is 305 Å². The predicted octanol–water partition coefficient (Wildman–Crippen LogP) is -2.59. The third-order valence-corrected chi connectivity index (χ3v) is 7.18. The lowest BCUT2D eigenvalue weighted by Gasteiger charge is -2.44. The van der Waals surface area contributed by atoms with Crippen LogP contribution in [0.4, 0.5) is 9.93 Å². The Balaban J connectivity index is 1.76. The number of nitrogens with two attached hydrogens (primary N) is 1. The van der Waals surface area contributed by atoms with Gasteiger partial charge < -0.3 is 41.9 Å². The maximum Gasteiger partial charge on any atom is 0.362 e. The molecule has 2 unspecified atom stereocenters. The number of nitrogens with zero attached hydrogens (tertiary/aromatic N) is 4. The zero-order valence-corrected chi connectivity index (χ0v) is 23.2. The Labute approximate surface area is 239 Å². The number of carbonyl (C=O) groups excluding carboxylic acids is 3.